The number of carbonyl (C=O) groups excluding carboxylic acids is 1. The van der Waals surface area contributed by atoms with Crippen LogP contribution in [-0.2, 0) is 21.0 Å². The first-order valence-corrected chi connectivity index (χ1v) is 12.0. The molecule has 0 atom stereocenters. The molecule has 0 bridgehead atoms. The summed E-state index contributed by atoms with van der Waals surface area (Å²) in [5, 5.41) is 7.60. The number of amides is 1. The minimum atomic E-state index is -3.91. The predicted molar refractivity (Wildman–Crippen MR) is 127 cm³/mol. The third kappa shape index (κ3) is 6.10. The molecule has 0 aliphatic rings. The van der Waals surface area contributed by atoms with Gasteiger partial charge < -0.3 is 10.1 Å². The monoisotopic (exact) mass is 464 g/mol. The van der Waals surface area contributed by atoms with Gasteiger partial charge in [-0.25, -0.2) is 17.8 Å². The van der Waals surface area contributed by atoms with E-state index in [1.54, 1.807) is 25.5 Å². The molecule has 0 unspecified atom stereocenters. The van der Waals surface area contributed by atoms with E-state index in [-0.39, 0.29) is 27.2 Å². The molecule has 9 heteroatoms. The van der Waals surface area contributed by atoms with Crippen molar-refractivity contribution in [3.63, 3.8) is 0 Å². The van der Waals surface area contributed by atoms with Crippen LogP contribution in [0.15, 0.2) is 29.2 Å². The highest BCUT2D eigenvalue weighted by molar-refractivity contribution is 7.89. The van der Waals surface area contributed by atoms with Crippen molar-refractivity contribution in [2.75, 3.05) is 12.4 Å². The number of benzene rings is 1. The Morgan fingerprint density at radius 1 is 1.00 bits per heavy atom. The zero-order valence-corrected chi connectivity index (χ0v) is 21.6. The first-order chi connectivity index (χ1) is 14.3. The Balaban J connectivity index is 2.49. The predicted octanol–water partition coefficient (Wildman–Crippen LogP) is 4.27. The van der Waals surface area contributed by atoms with Gasteiger partial charge in [-0.2, -0.15) is 5.10 Å². The van der Waals surface area contributed by atoms with Crippen molar-refractivity contribution in [1.29, 1.82) is 0 Å². The normalized spacial score (nSPS) is 13.2. The molecule has 2 N–H and O–H groups in total. The lowest BCUT2D eigenvalue weighted by Crippen LogP contribution is -2.40. The highest BCUT2D eigenvalue weighted by Crippen LogP contribution is 2.30. The number of nitrogens with zero attached hydrogens (tertiary/aromatic N) is 2. The zero-order valence-electron chi connectivity index (χ0n) is 20.7. The van der Waals surface area contributed by atoms with Crippen LogP contribution in [0.3, 0.4) is 0 Å². The van der Waals surface area contributed by atoms with Crippen LogP contribution in [-0.4, -0.2) is 36.8 Å². The Kier molecular flexibility index (Phi) is 6.88. The van der Waals surface area contributed by atoms with Crippen LogP contribution in [0.5, 0.6) is 5.75 Å². The summed E-state index contributed by atoms with van der Waals surface area (Å²) in [5.74, 6) is 0.263. The molecule has 0 saturated heterocycles. The molecule has 1 aromatic heterocycles. The number of ether oxygens (including phenoxy) is 1. The van der Waals surface area contributed by atoms with Gasteiger partial charge in [0.2, 0.25) is 10.0 Å². The number of nitrogens with one attached hydrogen (secondary N) is 2. The summed E-state index contributed by atoms with van der Waals surface area (Å²) in [6, 6.07) is 6.19. The lowest BCUT2D eigenvalue weighted by molar-refractivity contribution is 0.102. The fourth-order valence-electron chi connectivity index (χ4n) is 3.02. The first-order valence-electron chi connectivity index (χ1n) is 10.5. The van der Waals surface area contributed by atoms with Gasteiger partial charge in [0, 0.05) is 22.6 Å². The number of anilines is 1. The fraction of sp³-hybridized carbons (Fsp3) is 0.565. The second-order valence-corrected chi connectivity index (χ2v) is 12.6. The summed E-state index contributed by atoms with van der Waals surface area (Å²) >= 11 is 0. The molecule has 0 fully saturated rings. The van der Waals surface area contributed by atoms with Crippen molar-refractivity contribution in [3.05, 3.63) is 35.5 Å². The number of rotatable bonds is 5. The van der Waals surface area contributed by atoms with E-state index in [2.05, 4.69) is 30.8 Å². The van der Waals surface area contributed by atoms with Gasteiger partial charge in [-0.3, -0.25) is 4.79 Å². The maximum absolute atomic E-state index is 13.1. The minimum absolute atomic E-state index is 0.0951. The van der Waals surface area contributed by atoms with Gasteiger partial charge in [-0.15, -0.1) is 0 Å². The molecule has 32 heavy (non-hydrogen) atoms. The van der Waals surface area contributed by atoms with E-state index in [0.717, 1.165) is 5.69 Å². The molecular formula is C23H36N4O4S. The van der Waals surface area contributed by atoms with Crippen molar-refractivity contribution in [2.45, 2.75) is 83.7 Å². The summed E-state index contributed by atoms with van der Waals surface area (Å²) < 4.78 is 35.5. The molecule has 1 amide bonds. The molecule has 0 radical (unpaired) electrons. The molecule has 0 spiro atoms. The number of aromatic nitrogens is 2. The molecule has 2 aromatic rings. The quantitative estimate of drug-likeness (QED) is 0.688. The van der Waals surface area contributed by atoms with Crippen molar-refractivity contribution in [3.8, 4) is 5.75 Å². The van der Waals surface area contributed by atoms with Crippen LogP contribution in [0, 0.1) is 0 Å². The summed E-state index contributed by atoms with van der Waals surface area (Å²) in [4.78, 5) is 13.0. The molecule has 0 aliphatic heterocycles. The molecule has 2 rings (SSSR count). The number of carbonyl (C=O) groups is 1. The topological polar surface area (TPSA) is 102 Å². The Bertz CT molecular complexity index is 1100. The molecule has 0 saturated carbocycles. The van der Waals surface area contributed by atoms with Gasteiger partial charge in [0.05, 0.1) is 18.3 Å². The Labute approximate surface area is 191 Å². The number of hydrogen-bond acceptors (Lipinski definition) is 5. The third-order valence-corrected chi connectivity index (χ3v) is 6.29. The zero-order chi connectivity index (χ0) is 24.7. The van der Waals surface area contributed by atoms with Gasteiger partial charge in [0.25, 0.3) is 5.91 Å². The first kappa shape index (κ1) is 25.9. The van der Waals surface area contributed by atoms with Crippen LogP contribution in [0.2, 0.25) is 0 Å². The maximum Gasteiger partial charge on any atom is 0.256 e. The van der Waals surface area contributed by atoms with E-state index in [1.807, 2.05) is 26.8 Å². The van der Waals surface area contributed by atoms with Crippen molar-refractivity contribution >= 4 is 21.7 Å². The van der Waals surface area contributed by atoms with Gasteiger partial charge in [0.1, 0.15) is 16.5 Å². The van der Waals surface area contributed by atoms with E-state index >= 15 is 0 Å². The fourth-order valence-corrected chi connectivity index (χ4v) is 4.64. The molecule has 8 nitrogen and oxygen atoms in total. The Morgan fingerprint density at radius 2 is 1.59 bits per heavy atom. The lowest BCUT2D eigenvalue weighted by Gasteiger charge is -2.23. The molecule has 178 valence electrons. The van der Waals surface area contributed by atoms with Crippen LogP contribution in [0.25, 0.3) is 0 Å². The van der Waals surface area contributed by atoms with E-state index < -0.39 is 21.5 Å². The smallest absolute Gasteiger partial charge is 0.256 e. The summed E-state index contributed by atoms with van der Waals surface area (Å²) in [6.45, 7) is 17.4. The van der Waals surface area contributed by atoms with Gasteiger partial charge in [-0.05, 0) is 59.7 Å². The van der Waals surface area contributed by atoms with E-state index in [9.17, 15) is 13.2 Å². The van der Waals surface area contributed by atoms with Gasteiger partial charge in [-0.1, -0.05) is 20.8 Å². The second kappa shape index (κ2) is 8.51. The Hall–Kier alpha value is -2.39. The van der Waals surface area contributed by atoms with Crippen molar-refractivity contribution < 1.29 is 17.9 Å². The van der Waals surface area contributed by atoms with Gasteiger partial charge in [0.15, 0.2) is 0 Å². The summed E-state index contributed by atoms with van der Waals surface area (Å²) in [7, 11) is -2.52. The largest absolute Gasteiger partial charge is 0.495 e. The number of methoxy groups -OCH3 is 1. The highest BCUT2D eigenvalue weighted by Gasteiger charge is 2.28. The molecular weight excluding hydrogens is 428 g/mol. The van der Waals surface area contributed by atoms with E-state index in [0.29, 0.717) is 5.82 Å². The number of sulfonamides is 1. The van der Waals surface area contributed by atoms with Crippen LogP contribution >= 0.6 is 0 Å². The Morgan fingerprint density at radius 3 is 2.06 bits per heavy atom. The van der Waals surface area contributed by atoms with E-state index in [4.69, 9.17) is 9.84 Å². The summed E-state index contributed by atoms with van der Waals surface area (Å²) in [5.41, 5.74) is -0.216. The second-order valence-electron chi connectivity index (χ2n) is 10.9. The van der Waals surface area contributed by atoms with Crippen molar-refractivity contribution in [1.82, 2.24) is 14.5 Å². The standard InChI is InChI=1S/C23H36N4O4S/c1-21(2,3)18-14-19(27(25-18)23(7,8)9)24-20(28)15-11-12-16(31-10)17(13-15)32(29,30)26-22(4,5)6/h11-14,26H,1-10H3,(H,24,28). The van der Waals surface area contributed by atoms with Crippen LogP contribution in [0.4, 0.5) is 5.82 Å². The lowest BCUT2D eigenvalue weighted by atomic mass is 9.92. The molecule has 0 aliphatic carbocycles. The minimum Gasteiger partial charge on any atom is -0.495 e. The SMILES string of the molecule is COc1ccc(C(=O)Nc2cc(C(C)(C)C)nn2C(C)(C)C)cc1S(=O)(=O)NC(C)(C)C. The average molecular weight is 465 g/mol. The van der Waals surface area contributed by atoms with Crippen molar-refractivity contribution in [2.24, 2.45) is 0 Å². The summed E-state index contributed by atoms with van der Waals surface area (Å²) in [6.07, 6.45) is 0. The van der Waals surface area contributed by atoms with Gasteiger partial charge >= 0.3 is 0 Å². The average Bonchev–Trinajstić information content (AvgIpc) is 3.03. The maximum atomic E-state index is 13.1. The molecule has 1 heterocycles. The highest BCUT2D eigenvalue weighted by atomic mass is 32.2. The van der Waals surface area contributed by atoms with Crippen LogP contribution < -0.4 is 14.8 Å². The molecule has 1 aromatic carbocycles. The number of hydrogen-bond donors (Lipinski definition) is 2. The van der Waals surface area contributed by atoms with Crippen LogP contribution in [0.1, 0.15) is 78.4 Å². The van der Waals surface area contributed by atoms with E-state index in [1.165, 1.54) is 25.3 Å². The third-order valence-electron chi connectivity index (χ3n) is 4.51.